The minimum absolute atomic E-state index is 0.123. The molecule has 0 aromatic heterocycles. The molecule has 0 bridgehead atoms. The van der Waals surface area contributed by atoms with Gasteiger partial charge in [0.15, 0.2) is 0 Å². The highest BCUT2D eigenvalue weighted by atomic mass is 16.5. The molecule has 1 fully saturated rings. The Morgan fingerprint density at radius 3 is 2.28 bits per heavy atom. The largest absolute Gasteiger partial charge is 0.497 e. The van der Waals surface area contributed by atoms with Crippen LogP contribution in [0.25, 0.3) is 0 Å². The van der Waals surface area contributed by atoms with Crippen LogP contribution in [0.15, 0.2) is 48.5 Å². The van der Waals surface area contributed by atoms with Gasteiger partial charge in [0.2, 0.25) is 5.91 Å². The molecule has 3 rings (SSSR count). The van der Waals surface area contributed by atoms with E-state index in [0.29, 0.717) is 18.0 Å². The van der Waals surface area contributed by atoms with Crippen molar-refractivity contribution in [3.05, 3.63) is 48.5 Å². The van der Waals surface area contributed by atoms with Gasteiger partial charge < -0.3 is 14.8 Å². The van der Waals surface area contributed by atoms with E-state index in [1.165, 1.54) is 4.90 Å². The summed E-state index contributed by atoms with van der Waals surface area (Å²) in [5, 5.41) is 3.11. The molecule has 1 heterocycles. The van der Waals surface area contributed by atoms with Gasteiger partial charge in [-0.05, 0) is 55.5 Å². The van der Waals surface area contributed by atoms with Crippen molar-refractivity contribution < 1.29 is 19.1 Å². The lowest BCUT2D eigenvalue weighted by Gasteiger charge is -2.16. The number of benzene rings is 2. The summed E-state index contributed by atoms with van der Waals surface area (Å²) in [5.41, 5.74) is 1.32. The van der Waals surface area contributed by atoms with Crippen LogP contribution in [0.4, 0.5) is 11.4 Å². The zero-order valence-electron chi connectivity index (χ0n) is 14.2. The summed E-state index contributed by atoms with van der Waals surface area (Å²) in [7, 11) is 1.59. The van der Waals surface area contributed by atoms with Crippen molar-refractivity contribution >= 4 is 23.2 Å². The molecule has 130 valence electrons. The summed E-state index contributed by atoms with van der Waals surface area (Å²) in [4.78, 5) is 26.2. The molecule has 0 saturated carbocycles. The molecule has 6 heteroatoms. The minimum atomic E-state index is -0.576. The molecule has 0 radical (unpaired) electrons. The average molecular weight is 340 g/mol. The Morgan fingerprint density at radius 1 is 1.04 bits per heavy atom. The quantitative estimate of drug-likeness (QED) is 0.819. The molecular formula is C19H20N2O4. The van der Waals surface area contributed by atoms with E-state index in [1.54, 1.807) is 43.5 Å². The van der Waals surface area contributed by atoms with Crippen LogP contribution in [-0.2, 0) is 9.59 Å². The minimum Gasteiger partial charge on any atom is -0.497 e. The van der Waals surface area contributed by atoms with Crippen LogP contribution in [0.3, 0.4) is 0 Å². The summed E-state index contributed by atoms with van der Waals surface area (Å²) < 4.78 is 10.5. The standard InChI is InChI=1S/C19H20N2O4/c1-3-25-16-10-6-14(7-11-16)21-18(22)12-17(19(21)23)20-13-4-8-15(24-2)9-5-13/h4-11,17,20H,3,12H2,1-2H3/t17-/m0/s1. The summed E-state index contributed by atoms with van der Waals surface area (Å²) in [6.45, 7) is 2.46. The summed E-state index contributed by atoms with van der Waals surface area (Å²) >= 11 is 0. The van der Waals surface area contributed by atoms with E-state index < -0.39 is 6.04 Å². The van der Waals surface area contributed by atoms with Gasteiger partial charge in [-0.15, -0.1) is 0 Å². The maximum atomic E-state index is 12.6. The van der Waals surface area contributed by atoms with Crippen LogP contribution in [0, 0.1) is 0 Å². The normalized spacial score (nSPS) is 16.9. The Balaban J connectivity index is 1.72. The first-order valence-electron chi connectivity index (χ1n) is 8.12. The number of hydrogen-bond acceptors (Lipinski definition) is 5. The zero-order chi connectivity index (χ0) is 17.8. The number of imide groups is 1. The molecule has 1 atom stereocenters. The number of rotatable bonds is 6. The fourth-order valence-electron chi connectivity index (χ4n) is 2.76. The Hall–Kier alpha value is -3.02. The Labute approximate surface area is 146 Å². The van der Waals surface area contributed by atoms with E-state index in [4.69, 9.17) is 9.47 Å². The second-order valence-corrected chi connectivity index (χ2v) is 5.62. The van der Waals surface area contributed by atoms with E-state index in [1.807, 2.05) is 19.1 Å². The first kappa shape index (κ1) is 16.8. The van der Waals surface area contributed by atoms with Gasteiger partial charge in [0, 0.05) is 5.69 Å². The van der Waals surface area contributed by atoms with E-state index >= 15 is 0 Å². The lowest BCUT2D eigenvalue weighted by atomic mass is 10.2. The Kier molecular flexibility index (Phi) is 4.88. The van der Waals surface area contributed by atoms with Gasteiger partial charge in [-0.25, -0.2) is 4.90 Å². The Bertz CT molecular complexity index is 756. The molecule has 1 aliphatic heterocycles. The first-order chi connectivity index (χ1) is 12.1. The molecule has 0 aliphatic carbocycles. The zero-order valence-corrected chi connectivity index (χ0v) is 14.2. The second-order valence-electron chi connectivity index (χ2n) is 5.62. The van der Waals surface area contributed by atoms with E-state index in [9.17, 15) is 9.59 Å². The van der Waals surface area contributed by atoms with Gasteiger partial charge in [0.1, 0.15) is 17.5 Å². The fraction of sp³-hybridized carbons (Fsp3) is 0.263. The number of amides is 2. The number of anilines is 2. The highest BCUT2D eigenvalue weighted by Gasteiger charge is 2.39. The third kappa shape index (κ3) is 3.57. The van der Waals surface area contributed by atoms with Gasteiger partial charge in [-0.2, -0.15) is 0 Å². The SMILES string of the molecule is CCOc1ccc(N2C(=O)C[C@H](Nc3ccc(OC)cc3)C2=O)cc1. The van der Waals surface area contributed by atoms with Crippen molar-refractivity contribution in [1.29, 1.82) is 0 Å². The van der Waals surface area contributed by atoms with Crippen LogP contribution >= 0.6 is 0 Å². The summed E-state index contributed by atoms with van der Waals surface area (Å²) in [5.74, 6) is 0.957. The van der Waals surface area contributed by atoms with Gasteiger partial charge in [0.05, 0.1) is 25.8 Å². The first-order valence-corrected chi connectivity index (χ1v) is 8.12. The number of nitrogens with one attached hydrogen (secondary N) is 1. The summed E-state index contributed by atoms with van der Waals surface area (Å²) in [6.07, 6.45) is 0.123. The lowest BCUT2D eigenvalue weighted by molar-refractivity contribution is -0.121. The third-order valence-electron chi connectivity index (χ3n) is 3.98. The number of methoxy groups -OCH3 is 1. The predicted octanol–water partition coefficient (Wildman–Crippen LogP) is 2.84. The molecule has 1 N–H and O–H groups in total. The van der Waals surface area contributed by atoms with Crippen molar-refractivity contribution in [3.8, 4) is 11.5 Å². The predicted molar refractivity (Wildman–Crippen MR) is 95.1 cm³/mol. The number of nitrogens with zero attached hydrogens (tertiary/aromatic N) is 1. The monoisotopic (exact) mass is 340 g/mol. The van der Waals surface area contributed by atoms with Gasteiger partial charge >= 0.3 is 0 Å². The van der Waals surface area contributed by atoms with E-state index in [-0.39, 0.29) is 18.2 Å². The van der Waals surface area contributed by atoms with Crippen molar-refractivity contribution in [2.45, 2.75) is 19.4 Å². The van der Waals surface area contributed by atoms with Crippen LogP contribution < -0.4 is 19.7 Å². The average Bonchev–Trinajstić information content (AvgIpc) is 2.90. The van der Waals surface area contributed by atoms with Crippen LogP contribution in [0.2, 0.25) is 0 Å². The van der Waals surface area contributed by atoms with Crippen LogP contribution in [-0.4, -0.2) is 31.6 Å². The summed E-state index contributed by atoms with van der Waals surface area (Å²) in [6, 6.07) is 13.6. The number of hydrogen-bond donors (Lipinski definition) is 1. The molecule has 2 aromatic rings. The molecule has 0 spiro atoms. The Morgan fingerprint density at radius 2 is 1.68 bits per heavy atom. The third-order valence-corrected chi connectivity index (χ3v) is 3.98. The molecule has 0 unspecified atom stereocenters. The maximum Gasteiger partial charge on any atom is 0.256 e. The lowest BCUT2D eigenvalue weighted by Crippen LogP contribution is -2.34. The molecule has 25 heavy (non-hydrogen) atoms. The van der Waals surface area contributed by atoms with Gasteiger partial charge in [-0.3, -0.25) is 9.59 Å². The number of carbonyl (C=O) groups excluding carboxylic acids is 2. The molecule has 1 saturated heterocycles. The molecular weight excluding hydrogens is 320 g/mol. The fourth-order valence-corrected chi connectivity index (χ4v) is 2.76. The van der Waals surface area contributed by atoms with Gasteiger partial charge in [0.25, 0.3) is 5.91 Å². The highest BCUT2D eigenvalue weighted by molar-refractivity contribution is 6.23. The van der Waals surface area contributed by atoms with Crippen molar-refractivity contribution in [2.75, 3.05) is 23.9 Å². The van der Waals surface area contributed by atoms with Crippen molar-refractivity contribution in [2.24, 2.45) is 0 Å². The number of carbonyl (C=O) groups is 2. The molecule has 6 nitrogen and oxygen atoms in total. The second kappa shape index (κ2) is 7.25. The number of ether oxygens (including phenoxy) is 2. The smallest absolute Gasteiger partial charge is 0.256 e. The molecule has 2 aromatic carbocycles. The molecule has 1 aliphatic rings. The maximum absolute atomic E-state index is 12.6. The molecule has 2 amide bonds. The van der Waals surface area contributed by atoms with Crippen molar-refractivity contribution in [1.82, 2.24) is 0 Å². The van der Waals surface area contributed by atoms with Crippen LogP contribution in [0.1, 0.15) is 13.3 Å². The highest BCUT2D eigenvalue weighted by Crippen LogP contribution is 2.27. The van der Waals surface area contributed by atoms with Crippen molar-refractivity contribution in [3.63, 3.8) is 0 Å². The topological polar surface area (TPSA) is 67.9 Å². The van der Waals surface area contributed by atoms with Gasteiger partial charge in [-0.1, -0.05) is 0 Å². The van der Waals surface area contributed by atoms with E-state index in [2.05, 4.69) is 5.32 Å². The van der Waals surface area contributed by atoms with E-state index in [0.717, 1.165) is 11.4 Å². The van der Waals surface area contributed by atoms with Crippen LogP contribution in [0.5, 0.6) is 11.5 Å².